The molecule has 9 heteroatoms. The van der Waals surface area contributed by atoms with Gasteiger partial charge in [-0.3, -0.25) is 15.0 Å². The minimum atomic E-state index is -0.550. The van der Waals surface area contributed by atoms with Crippen LogP contribution in [0, 0.1) is 21.4 Å². The van der Waals surface area contributed by atoms with Crippen LogP contribution in [0.4, 0.5) is 10.7 Å². The zero-order valence-corrected chi connectivity index (χ0v) is 18.8. The van der Waals surface area contributed by atoms with Gasteiger partial charge in [-0.15, -0.1) is 11.3 Å². The van der Waals surface area contributed by atoms with Gasteiger partial charge < -0.3 is 9.84 Å². The standard InChI is InChI=1S/C24H22N4O4S/c1-2-32-21-11-18(28(30)31)10-17(23(21)29)13-26-24-20(12-25)19-8-9-27(15-22(19)33-24)14-16-6-4-3-5-7-16/h3-7,10-11,13,29H,2,8-9,14-15H2,1H3/b26-13+. The number of nitro groups is 1. The normalized spacial score (nSPS) is 13.6. The fourth-order valence-corrected chi connectivity index (χ4v) is 5.02. The molecular formula is C24H22N4O4S. The van der Waals surface area contributed by atoms with Crippen molar-refractivity contribution in [3.63, 3.8) is 0 Å². The Balaban J connectivity index is 1.61. The van der Waals surface area contributed by atoms with E-state index in [1.54, 1.807) is 6.92 Å². The van der Waals surface area contributed by atoms with Crippen molar-refractivity contribution in [3.8, 4) is 17.6 Å². The van der Waals surface area contributed by atoms with Gasteiger partial charge in [0.25, 0.3) is 5.69 Å². The van der Waals surface area contributed by atoms with Crippen LogP contribution in [0.2, 0.25) is 0 Å². The first kappa shape index (κ1) is 22.5. The van der Waals surface area contributed by atoms with E-state index in [0.717, 1.165) is 36.5 Å². The molecule has 1 N–H and O–H groups in total. The van der Waals surface area contributed by atoms with Gasteiger partial charge in [0, 0.05) is 42.4 Å². The Morgan fingerprint density at radius 1 is 1.36 bits per heavy atom. The highest BCUT2D eigenvalue weighted by molar-refractivity contribution is 7.16. The summed E-state index contributed by atoms with van der Waals surface area (Å²) in [6, 6.07) is 14.9. The molecule has 0 saturated carbocycles. The molecule has 0 atom stereocenters. The molecule has 3 aromatic rings. The molecule has 0 spiro atoms. The Labute approximate surface area is 195 Å². The van der Waals surface area contributed by atoms with E-state index in [-0.39, 0.29) is 29.4 Å². The number of nitro benzene ring substituents is 1. The van der Waals surface area contributed by atoms with Gasteiger partial charge >= 0.3 is 0 Å². The van der Waals surface area contributed by atoms with Gasteiger partial charge in [0.1, 0.15) is 11.1 Å². The number of non-ortho nitro benzene ring substituents is 1. The van der Waals surface area contributed by atoms with E-state index in [1.807, 2.05) is 18.2 Å². The van der Waals surface area contributed by atoms with Crippen LogP contribution in [0.5, 0.6) is 11.5 Å². The number of fused-ring (bicyclic) bond motifs is 1. The fraction of sp³-hybridized carbons (Fsp3) is 0.250. The number of nitrogens with zero attached hydrogens (tertiary/aromatic N) is 4. The number of ether oxygens (including phenoxy) is 1. The number of hydrogen-bond donors (Lipinski definition) is 1. The van der Waals surface area contributed by atoms with Crippen LogP contribution in [0.3, 0.4) is 0 Å². The summed E-state index contributed by atoms with van der Waals surface area (Å²) in [6.07, 6.45) is 2.11. The summed E-state index contributed by atoms with van der Waals surface area (Å²) in [5.41, 5.74) is 2.73. The monoisotopic (exact) mass is 462 g/mol. The maximum absolute atomic E-state index is 11.3. The number of phenolic OH excluding ortho intramolecular Hbond substituents is 1. The second kappa shape index (κ2) is 9.81. The highest BCUT2D eigenvalue weighted by Gasteiger charge is 2.24. The third kappa shape index (κ3) is 4.87. The van der Waals surface area contributed by atoms with Gasteiger partial charge in [-0.2, -0.15) is 5.26 Å². The summed E-state index contributed by atoms with van der Waals surface area (Å²) in [5.74, 6) is -0.198. The van der Waals surface area contributed by atoms with Crippen LogP contribution in [0.25, 0.3) is 0 Å². The summed E-state index contributed by atoms with van der Waals surface area (Å²) in [5, 5.41) is 32.0. The molecule has 2 heterocycles. The predicted molar refractivity (Wildman–Crippen MR) is 126 cm³/mol. The Morgan fingerprint density at radius 3 is 2.85 bits per heavy atom. The molecule has 0 fully saturated rings. The van der Waals surface area contributed by atoms with Crippen LogP contribution in [-0.4, -0.2) is 34.3 Å². The Morgan fingerprint density at radius 2 is 2.15 bits per heavy atom. The summed E-state index contributed by atoms with van der Waals surface area (Å²) >= 11 is 1.44. The number of nitriles is 1. The largest absolute Gasteiger partial charge is 0.504 e. The molecule has 1 aromatic heterocycles. The smallest absolute Gasteiger partial charge is 0.274 e. The topological polar surface area (TPSA) is 112 Å². The second-order valence-electron chi connectivity index (χ2n) is 7.57. The van der Waals surface area contributed by atoms with E-state index >= 15 is 0 Å². The maximum Gasteiger partial charge on any atom is 0.274 e. The third-order valence-corrected chi connectivity index (χ3v) is 6.52. The van der Waals surface area contributed by atoms with Gasteiger partial charge in [-0.1, -0.05) is 30.3 Å². The molecule has 0 bridgehead atoms. The lowest BCUT2D eigenvalue weighted by Crippen LogP contribution is -2.29. The maximum atomic E-state index is 11.3. The van der Waals surface area contributed by atoms with Crippen molar-refractivity contribution in [1.82, 2.24) is 4.90 Å². The van der Waals surface area contributed by atoms with Crippen molar-refractivity contribution in [3.05, 3.63) is 79.7 Å². The van der Waals surface area contributed by atoms with Gasteiger partial charge in [0.2, 0.25) is 0 Å². The highest BCUT2D eigenvalue weighted by Crippen LogP contribution is 2.39. The first-order valence-electron chi connectivity index (χ1n) is 10.5. The molecule has 1 aliphatic rings. The van der Waals surface area contributed by atoms with Crippen LogP contribution in [0.1, 0.15) is 34.1 Å². The number of phenols is 1. The summed E-state index contributed by atoms with van der Waals surface area (Å²) in [4.78, 5) is 18.6. The molecule has 4 rings (SSSR count). The SMILES string of the molecule is CCOc1cc([N+](=O)[O-])cc(/C=N/c2sc3c(c2C#N)CCN(Cc2ccccc2)C3)c1O. The van der Waals surface area contributed by atoms with Crippen LogP contribution < -0.4 is 4.74 Å². The van der Waals surface area contributed by atoms with Gasteiger partial charge in [-0.25, -0.2) is 4.99 Å². The van der Waals surface area contributed by atoms with E-state index < -0.39 is 4.92 Å². The minimum absolute atomic E-state index is 0.0238. The Kier molecular flexibility index (Phi) is 6.68. The number of aromatic hydroxyl groups is 1. The van der Waals surface area contributed by atoms with Crippen LogP contribution in [0.15, 0.2) is 47.5 Å². The zero-order valence-electron chi connectivity index (χ0n) is 18.0. The van der Waals surface area contributed by atoms with E-state index in [2.05, 4.69) is 28.1 Å². The first-order chi connectivity index (χ1) is 16.0. The Bertz CT molecular complexity index is 1250. The number of benzene rings is 2. The van der Waals surface area contributed by atoms with Crippen LogP contribution in [-0.2, 0) is 19.5 Å². The van der Waals surface area contributed by atoms with Crippen molar-refractivity contribution in [2.45, 2.75) is 26.4 Å². The van der Waals surface area contributed by atoms with Crippen LogP contribution >= 0.6 is 11.3 Å². The molecule has 0 saturated heterocycles. The average molecular weight is 463 g/mol. The lowest BCUT2D eigenvalue weighted by molar-refractivity contribution is -0.385. The van der Waals surface area contributed by atoms with Crippen molar-refractivity contribution in [2.75, 3.05) is 13.2 Å². The second-order valence-corrected chi connectivity index (χ2v) is 8.66. The Hall–Kier alpha value is -3.74. The van der Waals surface area contributed by atoms with E-state index in [1.165, 1.54) is 35.2 Å². The van der Waals surface area contributed by atoms with Gasteiger partial charge in [0.05, 0.1) is 23.2 Å². The third-order valence-electron chi connectivity index (χ3n) is 5.40. The molecule has 1 aliphatic heterocycles. The fourth-order valence-electron chi connectivity index (χ4n) is 3.84. The quantitative estimate of drug-likeness (QED) is 0.302. The molecular weight excluding hydrogens is 440 g/mol. The van der Waals surface area contributed by atoms with Crippen molar-refractivity contribution in [2.24, 2.45) is 4.99 Å². The molecule has 0 radical (unpaired) electrons. The summed E-state index contributed by atoms with van der Waals surface area (Å²) in [7, 11) is 0. The van der Waals surface area contributed by atoms with Crippen molar-refractivity contribution < 1.29 is 14.8 Å². The molecule has 8 nitrogen and oxygen atoms in total. The van der Waals surface area contributed by atoms with Gasteiger partial charge in [-0.05, 0) is 24.5 Å². The van der Waals surface area contributed by atoms with Crippen molar-refractivity contribution in [1.29, 1.82) is 5.26 Å². The van der Waals surface area contributed by atoms with Gasteiger partial charge in [0.15, 0.2) is 11.5 Å². The minimum Gasteiger partial charge on any atom is -0.504 e. The molecule has 168 valence electrons. The number of thiophene rings is 1. The number of aliphatic imine (C=N–C) groups is 1. The molecule has 2 aromatic carbocycles. The lowest BCUT2D eigenvalue weighted by Gasteiger charge is -2.26. The van der Waals surface area contributed by atoms with E-state index in [0.29, 0.717) is 10.6 Å². The zero-order chi connectivity index (χ0) is 23.4. The number of hydrogen-bond acceptors (Lipinski definition) is 8. The number of rotatable bonds is 7. The summed E-state index contributed by atoms with van der Waals surface area (Å²) in [6.45, 7) is 4.39. The van der Waals surface area contributed by atoms with E-state index in [9.17, 15) is 20.5 Å². The van der Waals surface area contributed by atoms with Crippen molar-refractivity contribution >= 4 is 28.2 Å². The average Bonchev–Trinajstić information content (AvgIpc) is 3.16. The highest BCUT2D eigenvalue weighted by atomic mass is 32.1. The molecule has 33 heavy (non-hydrogen) atoms. The van der Waals surface area contributed by atoms with E-state index in [4.69, 9.17) is 4.74 Å². The molecule has 0 aliphatic carbocycles. The summed E-state index contributed by atoms with van der Waals surface area (Å²) < 4.78 is 5.32. The molecule has 0 unspecified atom stereocenters. The predicted octanol–water partition coefficient (Wildman–Crippen LogP) is 4.94. The molecule has 0 amide bonds. The lowest BCUT2D eigenvalue weighted by atomic mass is 10.0. The first-order valence-corrected chi connectivity index (χ1v) is 11.3.